The number of hydrogen-bond donors (Lipinski definition) is 1. The first kappa shape index (κ1) is 14.2. The first-order valence-corrected chi connectivity index (χ1v) is 7.69. The second-order valence-electron chi connectivity index (χ2n) is 6.29. The molecular formula is C13H30N2Si. The highest BCUT2D eigenvalue weighted by molar-refractivity contribution is 6.05. The molecule has 1 atom stereocenters. The van der Waals surface area contributed by atoms with Crippen molar-refractivity contribution in [2.24, 2.45) is 17.8 Å². The summed E-state index contributed by atoms with van der Waals surface area (Å²) in [6, 6.07) is 0.638. The molecule has 3 heteroatoms. The molecule has 0 amide bonds. The van der Waals surface area contributed by atoms with Crippen molar-refractivity contribution in [3.05, 3.63) is 0 Å². The second kappa shape index (κ2) is 5.19. The summed E-state index contributed by atoms with van der Waals surface area (Å²) in [6.07, 6.45) is 0. The molecule has 0 bridgehead atoms. The highest BCUT2D eigenvalue weighted by Gasteiger charge is 2.49. The second-order valence-corrected chi connectivity index (χ2v) is 7.37. The first-order valence-electron chi connectivity index (χ1n) is 6.79. The van der Waals surface area contributed by atoms with Gasteiger partial charge in [0.15, 0.2) is 0 Å². The molecule has 1 N–H and O–H groups in total. The molecule has 0 aromatic carbocycles. The third kappa shape index (κ3) is 2.09. The number of nitrogens with zero attached hydrogens (tertiary/aromatic N) is 1. The fourth-order valence-corrected chi connectivity index (χ4v) is 5.55. The van der Waals surface area contributed by atoms with E-state index in [0.29, 0.717) is 29.3 Å². The maximum atomic E-state index is 3.78. The molecule has 1 rings (SSSR count). The average Bonchev–Trinajstić information content (AvgIpc) is 2.15. The molecule has 0 saturated carbocycles. The average molecular weight is 242 g/mol. The number of rotatable bonds is 3. The summed E-state index contributed by atoms with van der Waals surface area (Å²) in [6.45, 7) is 16.7. The third-order valence-electron chi connectivity index (χ3n) is 4.49. The minimum Gasteiger partial charge on any atom is -0.324 e. The number of hydrogen-bond acceptors (Lipinski definition) is 2. The van der Waals surface area contributed by atoms with Gasteiger partial charge in [-0.15, -0.1) is 0 Å². The van der Waals surface area contributed by atoms with Gasteiger partial charge in [0.05, 0.1) is 10.4 Å². The van der Waals surface area contributed by atoms with Crippen molar-refractivity contribution in [3.8, 4) is 0 Å². The van der Waals surface area contributed by atoms with Gasteiger partial charge in [0.25, 0.3) is 0 Å². The zero-order valence-corrected chi connectivity index (χ0v) is 14.2. The van der Waals surface area contributed by atoms with Gasteiger partial charge in [-0.3, -0.25) is 0 Å². The van der Waals surface area contributed by atoms with E-state index in [1.807, 2.05) is 0 Å². The van der Waals surface area contributed by atoms with E-state index in [-0.39, 0.29) is 0 Å². The van der Waals surface area contributed by atoms with E-state index in [0.717, 1.165) is 6.54 Å². The molecule has 16 heavy (non-hydrogen) atoms. The topological polar surface area (TPSA) is 15.3 Å². The van der Waals surface area contributed by atoms with Crippen molar-refractivity contribution in [3.63, 3.8) is 0 Å². The number of nitrogens with one attached hydrogen (secondary N) is 1. The molecule has 0 aliphatic carbocycles. The molecule has 1 saturated heterocycles. The van der Waals surface area contributed by atoms with Crippen LogP contribution in [0.3, 0.4) is 0 Å². The van der Waals surface area contributed by atoms with Gasteiger partial charge in [-0.2, -0.15) is 0 Å². The molecule has 0 aromatic rings. The Balaban J connectivity index is 3.14. The van der Waals surface area contributed by atoms with Crippen LogP contribution in [0.15, 0.2) is 0 Å². The van der Waals surface area contributed by atoms with Crippen LogP contribution in [0.25, 0.3) is 0 Å². The highest BCUT2D eigenvalue weighted by atomic mass is 28.2. The summed E-state index contributed by atoms with van der Waals surface area (Å²) >= 11 is 0. The molecule has 1 aliphatic rings. The van der Waals surface area contributed by atoms with Crippen LogP contribution in [0.1, 0.15) is 41.5 Å². The van der Waals surface area contributed by atoms with Crippen molar-refractivity contribution < 1.29 is 0 Å². The zero-order chi connectivity index (χ0) is 12.5. The SMILES string of the molecule is CC(C)C1NCCN([SiH3])C1(C(C)C)C(C)C. The molecule has 1 fully saturated rings. The van der Waals surface area contributed by atoms with Gasteiger partial charge in [-0.1, -0.05) is 41.5 Å². The lowest BCUT2D eigenvalue weighted by Gasteiger charge is -2.58. The lowest BCUT2D eigenvalue weighted by Crippen LogP contribution is -2.72. The van der Waals surface area contributed by atoms with E-state index < -0.39 is 0 Å². The Labute approximate surface area is 105 Å². The standard InChI is InChI=1S/C13H30N2Si/c1-9(2)12-13(10(3)4,11(5)6)15(16)8-7-14-12/h9-12,14H,7-8H2,1-6,16H3. The Morgan fingerprint density at radius 2 is 1.62 bits per heavy atom. The Hall–Kier alpha value is 0.137. The van der Waals surface area contributed by atoms with E-state index in [1.165, 1.54) is 16.9 Å². The number of piperazine rings is 1. The Kier molecular flexibility index (Phi) is 4.61. The fraction of sp³-hybridized carbons (Fsp3) is 1.00. The van der Waals surface area contributed by atoms with Crippen molar-refractivity contribution >= 4 is 10.4 Å². The predicted molar refractivity (Wildman–Crippen MR) is 75.7 cm³/mol. The molecule has 1 aliphatic heterocycles. The molecule has 1 heterocycles. The van der Waals surface area contributed by atoms with Crippen LogP contribution >= 0.6 is 0 Å². The minimum atomic E-state index is 0.360. The summed E-state index contributed by atoms with van der Waals surface area (Å²) in [4.78, 5) is 0. The molecule has 0 aromatic heterocycles. The molecule has 96 valence electrons. The molecular weight excluding hydrogens is 212 g/mol. The van der Waals surface area contributed by atoms with Crippen molar-refractivity contribution in [2.75, 3.05) is 13.1 Å². The maximum absolute atomic E-state index is 3.78. The molecule has 0 spiro atoms. The van der Waals surface area contributed by atoms with E-state index in [1.54, 1.807) is 0 Å². The molecule has 1 unspecified atom stereocenters. The van der Waals surface area contributed by atoms with Crippen LogP contribution in [-0.2, 0) is 0 Å². The molecule has 0 radical (unpaired) electrons. The van der Waals surface area contributed by atoms with Gasteiger partial charge >= 0.3 is 0 Å². The minimum absolute atomic E-state index is 0.360. The summed E-state index contributed by atoms with van der Waals surface area (Å²) in [5, 5.41) is 3.78. The Morgan fingerprint density at radius 3 is 1.94 bits per heavy atom. The summed E-state index contributed by atoms with van der Waals surface area (Å²) in [7, 11) is 1.18. The van der Waals surface area contributed by atoms with Gasteiger partial charge in [0.2, 0.25) is 0 Å². The van der Waals surface area contributed by atoms with Crippen LogP contribution in [0, 0.1) is 17.8 Å². The lowest BCUT2D eigenvalue weighted by molar-refractivity contribution is -0.0102. The van der Waals surface area contributed by atoms with Crippen LogP contribution in [0.5, 0.6) is 0 Å². The lowest BCUT2D eigenvalue weighted by atomic mass is 9.67. The van der Waals surface area contributed by atoms with Crippen LogP contribution in [-0.4, -0.2) is 39.6 Å². The quantitative estimate of drug-likeness (QED) is 0.749. The Morgan fingerprint density at radius 1 is 1.12 bits per heavy atom. The van der Waals surface area contributed by atoms with Crippen molar-refractivity contribution in [1.82, 2.24) is 9.88 Å². The van der Waals surface area contributed by atoms with Gasteiger partial charge < -0.3 is 9.88 Å². The van der Waals surface area contributed by atoms with Crippen LogP contribution in [0.2, 0.25) is 0 Å². The monoisotopic (exact) mass is 242 g/mol. The summed E-state index contributed by atoms with van der Waals surface area (Å²) < 4.78 is 2.74. The zero-order valence-electron chi connectivity index (χ0n) is 12.2. The van der Waals surface area contributed by atoms with Crippen molar-refractivity contribution in [1.29, 1.82) is 0 Å². The van der Waals surface area contributed by atoms with Gasteiger partial charge in [-0.25, -0.2) is 0 Å². The fourth-order valence-electron chi connectivity index (χ4n) is 4.02. The van der Waals surface area contributed by atoms with E-state index in [2.05, 4.69) is 51.4 Å². The van der Waals surface area contributed by atoms with Gasteiger partial charge in [-0.05, 0) is 17.8 Å². The molecule has 2 nitrogen and oxygen atoms in total. The van der Waals surface area contributed by atoms with E-state index >= 15 is 0 Å². The maximum Gasteiger partial charge on any atom is 0.0793 e. The first-order chi connectivity index (χ1) is 7.35. The normalized spacial score (nSPS) is 27.2. The Bertz CT molecular complexity index is 218. The van der Waals surface area contributed by atoms with Crippen LogP contribution in [0.4, 0.5) is 0 Å². The van der Waals surface area contributed by atoms with E-state index in [9.17, 15) is 0 Å². The summed E-state index contributed by atoms with van der Waals surface area (Å²) in [5.74, 6) is 2.14. The van der Waals surface area contributed by atoms with Crippen LogP contribution < -0.4 is 5.32 Å². The van der Waals surface area contributed by atoms with Gasteiger partial charge in [0, 0.05) is 24.7 Å². The largest absolute Gasteiger partial charge is 0.324 e. The summed E-state index contributed by atoms with van der Waals surface area (Å²) in [5.41, 5.74) is 0.360. The highest BCUT2D eigenvalue weighted by Crippen LogP contribution is 2.39. The smallest absolute Gasteiger partial charge is 0.0793 e. The van der Waals surface area contributed by atoms with Gasteiger partial charge in [0.1, 0.15) is 0 Å². The predicted octanol–water partition coefficient (Wildman–Crippen LogP) is 1.25. The van der Waals surface area contributed by atoms with E-state index in [4.69, 9.17) is 0 Å². The third-order valence-corrected chi connectivity index (χ3v) is 5.71. The van der Waals surface area contributed by atoms with Crippen molar-refractivity contribution in [2.45, 2.75) is 53.1 Å².